The second-order valence-electron chi connectivity index (χ2n) is 5.87. The number of ether oxygens (including phenoxy) is 1. The Morgan fingerprint density at radius 1 is 0.895 bits per heavy atom. The molecule has 116 valence electrons. The molecule has 0 fully saturated rings. The van der Waals surface area contributed by atoms with Crippen LogP contribution in [-0.4, -0.2) is 17.0 Å². The van der Waals surface area contributed by atoms with Crippen LogP contribution < -0.4 is 0 Å². The van der Waals surface area contributed by atoms with E-state index in [2.05, 4.69) is 43.6 Å². The Hall–Kier alpha value is 0.440. The van der Waals surface area contributed by atoms with Crippen molar-refractivity contribution in [2.24, 2.45) is 0 Å². The summed E-state index contributed by atoms with van der Waals surface area (Å²) < 4.78 is 6.19. The lowest BCUT2D eigenvalue weighted by molar-refractivity contribution is 0.0255. The molecule has 2 atom stereocenters. The van der Waals surface area contributed by atoms with Gasteiger partial charge >= 0.3 is 0 Å². The van der Waals surface area contributed by atoms with Crippen LogP contribution in [0.1, 0.15) is 91.9 Å². The predicted octanol–water partition coefficient (Wildman–Crippen LogP) is 6.49. The number of alkyl halides is 1. The van der Waals surface area contributed by atoms with E-state index in [1.54, 1.807) is 0 Å². The number of halogens is 1. The monoisotopic (exact) mass is 334 g/mol. The molecule has 0 saturated heterocycles. The average Bonchev–Trinajstić information content (AvgIpc) is 2.41. The van der Waals surface area contributed by atoms with Crippen LogP contribution >= 0.6 is 15.9 Å². The SMILES string of the molecule is CCCCCCCCCCOC(CC)C(C)(Br)CC. The molecule has 0 aromatic rings. The van der Waals surface area contributed by atoms with Crippen LogP contribution in [0, 0.1) is 0 Å². The summed E-state index contributed by atoms with van der Waals surface area (Å²) in [5.41, 5.74) is 0. The summed E-state index contributed by atoms with van der Waals surface area (Å²) in [5.74, 6) is 0. The average molecular weight is 335 g/mol. The van der Waals surface area contributed by atoms with Gasteiger partial charge in [0.15, 0.2) is 0 Å². The first kappa shape index (κ1) is 19.4. The van der Waals surface area contributed by atoms with Gasteiger partial charge in [-0.05, 0) is 26.2 Å². The van der Waals surface area contributed by atoms with Crippen molar-refractivity contribution in [3.05, 3.63) is 0 Å². The van der Waals surface area contributed by atoms with E-state index in [-0.39, 0.29) is 4.32 Å². The lowest BCUT2D eigenvalue weighted by Crippen LogP contribution is -2.34. The van der Waals surface area contributed by atoms with E-state index < -0.39 is 0 Å². The Morgan fingerprint density at radius 2 is 1.42 bits per heavy atom. The molecular weight excluding hydrogens is 300 g/mol. The highest BCUT2D eigenvalue weighted by Crippen LogP contribution is 2.30. The maximum Gasteiger partial charge on any atom is 0.0722 e. The minimum absolute atomic E-state index is 0.141. The maximum absolute atomic E-state index is 6.05. The minimum atomic E-state index is 0.141. The standard InChI is InChI=1S/C17H35BrO/c1-5-8-9-10-11-12-13-14-15-19-16(6-2)17(4,18)7-3/h16H,5-15H2,1-4H3. The van der Waals surface area contributed by atoms with Crippen molar-refractivity contribution in [3.63, 3.8) is 0 Å². The third-order valence-electron chi connectivity index (χ3n) is 4.05. The highest BCUT2D eigenvalue weighted by atomic mass is 79.9. The Kier molecular flexibility index (Phi) is 12.5. The van der Waals surface area contributed by atoms with E-state index in [9.17, 15) is 0 Å². The summed E-state index contributed by atoms with van der Waals surface area (Å²) in [7, 11) is 0. The number of rotatable bonds is 13. The van der Waals surface area contributed by atoms with Gasteiger partial charge in [-0.15, -0.1) is 0 Å². The van der Waals surface area contributed by atoms with E-state index in [4.69, 9.17) is 4.74 Å². The molecule has 19 heavy (non-hydrogen) atoms. The van der Waals surface area contributed by atoms with Crippen LogP contribution in [0.25, 0.3) is 0 Å². The Balaban J connectivity index is 3.47. The van der Waals surface area contributed by atoms with Gasteiger partial charge in [0, 0.05) is 10.9 Å². The van der Waals surface area contributed by atoms with Gasteiger partial charge < -0.3 is 4.74 Å². The second-order valence-corrected chi connectivity index (χ2v) is 7.69. The van der Waals surface area contributed by atoms with Gasteiger partial charge in [-0.2, -0.15) is 0 Å². The van der Waals surface area contributed by atoms with E-state index in [0.717, 1.165) is 19.4 Å². The lowest BCUT2D eigenvalue weighted by atomic mass is 9.99. The summed E-state index contributed by atoms with van der Waals surface area (Å²) in [6.07, 6.45) is 13.5. The van der Waals surface area contributed by atoms with Crippen molar-refractivity contribution in [1.82, 2.24) is 0 Å². The third-order valence-corrected chi connectivity index (χ3v) is 5.12. The highest BCUT2D eigenvalue weighted by molar-refractivity contribution is 9.10. The molecule has 0 N–H and O–H groups in total. The van der Waals surface area contributed by atoms with Crippen LogP contribution in [0.5, 0.6) is 0 Å². The van der Waals surface area contributed by atoms with Crippen LogP contribution in [0.15, 0.2) is 0 Å². The Morgan fingerprint density at radius 3 is 1.89 bits per heavy atom. The van der Waals surface area contributed by atoms with E-state index in [1.807, 2.05) is 0 Å². The maximum atomic E-state index is 6.05. The molecule has 0 bridgehead atoms. The van der Waals surface area contributed by atoms with Gasteiger partial charge in [0.25, 0.3) is 0 Å². The molecule has 0 aromatic carbocycles. The summed E-state index contributed by atoms with van der Waals surface area (Å²) in [5, 5.41) is 0. The fourth-order valence-corrected chi connectivity index (χ4v) is 2.86. The van der Waals surface area contributed by atoms with E-state index in [0.29, 0.717) is 6.10 Å². The largest absolute Gasteiger partial charge is 0.377 e. The molecule has 0 saturated carbocycles. The van der Waals surface area contributed by atoms with Crippen molar-refractivity contribution < 1.29 is 4.74 Å². The first-order valence-corrected chi connectivity index (χ1v) is 9.18. The van der Waals surface area contributed by atoms with Crippen molar-refractivity contribution in [1.29, 1.82) is 0 Å². The minimum Gasteiger partial charge on any atom is -0.377 e. The zero-order chi connectivity index (χ0) is 14.6. The first-order valence-electron chi connectivity index (χ1n) is 8.39. The van der Waals surface area contributed by atoms with Gasteiger partial charge in [0.2, 0.25) is 0 Å². The summed E-state index contributed by atoms with van der Waals surface area (Å²) in [4.78, 5) is 0. The normalized spacial score (nSPS) is 16.3. The van der Waals surface area contributed by atoms with E-state index >= 15 is 0 Å². The zero-order valence-electron chi connectivity index (χ0n) is 13.6. The molecule has 1 nitrogen and oxygen atoms in total. The first-order chi connectivity index (χ1) is 9.08. The third kappa shape index (κ3) is 9.90. The molecule has 0 rings (SSSR count). The van der Waals surface area contributed by atoms with Gasteiger partial charge in [-0.3, -0.25) is 0 Å². The predicted molar refractivity (Wildman–Crippen MR) is 90.3 cm³/mol. The molecule has 0 aliphatic heterocycles. The van der Waals surface area contributed by atoms with Gasteiger partial charge in [-0.25, -0.2) is 0 Å². The quantitative estimate of drug-likeness (QED) is 0.276. The van der Waals surface area contributed by atoms with Gasteiger partial charge in [-0.1, -0.05) is 81.6 Å². The molecular formula is C17H35BrO. The molecule has 2 heteroatoms. The van der Waals surface area contributed by atoms with Gasteiger partial charge in [0.1, 0.15) is 0 Å². The van der Waals surface area contributed by atoms with Crippen molar-refractivity contribution in [2.75, 3.05) is 6.61 Å². The van der Waals surface area contributed by atoms with E-state index in [1.165, 1.54) is 51.4 Å². The van der Waals surface area contributed by atoms with Gasteiger partial charge in [0.05, 0.1) is 6.10 Å². The Labute approximate surface area is 130 Å². The van der Waals surface area contributed by atoms with Crippen LogP contribution in [0.3, 0.4) is 0 Å². The molecule has 0 aromatic heterocycles. The van der Waals surface area contributed by atoms with Crippen LogP contribution in [0.2, 0.25) is 0 Å². The van der Waals surface area contributed by atoms with Crippen LogP contribution in [0.4, 0.5) is 0 Å². The molecule has 0 spiro atoms. The van der Waals surface area contributed by atoms with Crippen LogP contribution in [-0.2, 0) is 4.74 Å². The fourth-order valence-electron chi connectivity index (χ4n) is 2.41. The molecule has 0 radical (unpaired) electrons. The smallest absolute Gasteiger partial charge is 0.0722 e. The number of hydrogen-bond acceptors (Lipinski definition) is 1. The topological polar surface area (TPSA) is 9.23 Å². The van der Waals surface area contributed by atoms with Crippen molar-refractivity contribution in [2.45, 2.75) is 102 Å². The molecule has 0 amide bonds. The zero-order valence-corrected chi connectivity index (χ0v) is 15.2. The highest BCUT2D eigenvalue weighted by Gasteiger charge is 2.28. The molecule has 0 heterocycles. The molecule has 0 aliphatic rings. The second kappa shape index (κ2) is 12.2. The fraction of sp³-hybridized carbons (Fsp3) is 1.00. The number of unbranched alkanes of at least 4 members (excludes halogenated alkanes) is 7. The number of hydrogen-bond donors (Lipinski definition) is 0. The summed E-state index contributed by atoms with van der Waals surface area (Å²) in [6, 6.07) is 0. The van der Waals surface area contributed by atoms with Crippen molar-refractivity contribution >= 4 is 15.9 Å². The Bertz CT molecular complexity index is 192. The van der Waals surface area contributed by atoms with Crippen molar-refractivity contribution in [3.8, 4) is 0 Å². The lowest BCUT2D eigenvalue weighted by Gasteiger charge is -2.30. The molecule has 0 aliphatic carbocycles. The summed E-state index contributed by atoms with van der Waals surface area (Å²) >= 11 is 3.80. The summed E-state index contributed by atoms with van der Waals surface area (Å²) in [6.45, 7) is 9.88. The molecule has 2 unspecified atom stereocenters.